The molecule has 2 atom stereocenters. The second-order valence-corrected chi connectivity index (χ2v) is 14.0. The maximum atomic E-state index is 14.4. The molecule has 0 aliphatic carbocycles. The molecule has 0 saturated heterocycles. The van der Waals surface area contributed by atoms with Crippen LogP contribution in [0.5, 0.6) is 11.5 Å². The Labute approximate surface area is 292 Å². The molecule has 0 saturated carbocycles. The lowest BCUT2D eigenvalue weighted by molar-refractivity contribution is -0.137. The summed E-state index contributed by atoms with van der Waals surface area (Å²) in [4.78, 5) is 48.3. The van der Waals surface area contributed by atoms with E-state index in [1.54, 1.807) is 58.9 Å². The van der Waals surface area contributed by atoms with Crippen molar-refractivity contribution in [3.05, 3.63) is 101 Å². The molecule has 49 heavy (non-hydrogen) atoms. The van der Waals surface area contributed by atoms with E-state index < -0.39 is 23.8 Å². The predicted octanol–water partition coefficient (Wildman–Crippen LogP) is 7.40. The largest absolute Gasteiger partial charge is 0.497 e. The molecule has 1 heterocycles. The summed E-state index contributed by atoms with van der Waals surface area (Å²) in [5, 5.41) is 6.31. The Bertz CT molecular complexity index is 1720. The summed E-state index contributed by atoms with van der Waals surface area (Å²) < 4.78 is 16.5. The van der Waals surface area contributed by atoms with Crippen molar-refractivity contribution in [1.82, 2.24) is 20.5 Å². The second kappa shape index (κ2) is 16.5. The number of carbonyl (C=O) groups excluding carboxylic acids is 3. The lowest BCUT2D eigenvalue weighted by Gasteiger charge is -2.35. The van der Waals surface area contributed by atoms with E-state index in [-0.39, 0.29) is 30.0 Å². The molecule has 11 heteroatoms. The summed E-state index contributed by atoms with van der Waals surface area (Å²) in [6, 6.07) is 23.2. The molecule has 4 rings (SSSR count). The Hall–Kier alpha value is -4.90. The molecule has 3 aromatic carbocycles. The van der Waals surface area contributed by atoms with E-state index >= 15 is 0 Å². The van der Waals surface area contributed by atoms with Crippen molar-refractivity contribution < 1.29 is 28.6 Å². The van der Waals surface area contributed by atoms with Gasteiger partial charge in [-0.25, -0.2) is 9.78 Å². The van der Waals surface area contributed by atoms with Crippen LogP contribution in [-0.2, 0) is 22.6 Å². The maximum absolute atomic E-state index is 14.4. The highest BCUT2D eigenvalue weighted by atomic mass is 32.1. The van der Waals surface area contributed by atoms with Gasteiger partial charge in [0.2, 0.25) is 5.91 Å². The standard InChI is InChI=1S/C38H46N4O6S/c1-24(2)32(35-41-31(33(49-35)27-17-13-10-14-18-27)34(43)39-22-26-15-11-9-12-16-26)42(23-28-19-20-29(46-7)21-30(28)47-8)36(44)25(3)40-37(45)48-38(4,5)6/h9-21,24-25,32H,22-23H2,1-8H3,(H,39,43)(H,40,45)/t25-,32?/m0/s1. The lowest BCUT2D eigenvalue weighted by atomic mass is 10.0. The first kappa shape index (κ1) is 36.9. The molecule has 1 unspecified atom stereocenters. The van der Waals surface area contributed by atoms with Crippen molar-refractivity contribution in [3.8, 4) is 21.9 Å². The number of alkyl carbamates (subject to hydrolysis) is 1. The highest BCUT2D eigenvalue weighted by molar-refractivity contribution is 7.15. The topological polar surface area (TPSA) is 119 Å². The van der Waals surface area contributed by atoms with Gasteiger partial charge in [-0.05, 0) is 56.9 Å². The molecule has 0 fully saturated rings. The van der Waals surface area contributed by atoms with E-state index in [0.29, 0.717) is 27.9 Å². The van der Waals surface area contributed by atoms with Crippen molar-refractivity contribution in [2.45, 2.75) is 72.3 Å². The zero-order valence-electron chi connectivity index (χ0n) is 29.4. The van der Waals surface area contributed by atoms with Crippen LogP contribution < -0.4 is 20.1 Å². The minimum Gasteiger partial charge on any atom is -0.497 e. The number of amides is 3. The number of hydrogen-bond donors (Lipinski definition) is 2. The van der Waals surface area contributed by atoms with E-state index in [2.05, 4.69) is 10.6 Å². The number of ether oxygens (including phenoxy) is 3. The predicted molar refractivity (Wildman–Crippen MR) is 192 cm³/mol. The quantitative estimate of drug-likeness (QED) is 0.151. The molecule has 0 spiro atoms. The number of rotatable bonds is 13. The third-order valence-electron chi connectivity index (χ3n) is 7.63. The fourth-order valence-corrected chi connectivity index (χ4v) is 6.67. The van der Waals surface area contributed by atoms with Crippen LogP contribution >= 0.6 is 11.3 Å². The van der Waals surface area contributed by atoms with Gasteiger partial charge in [-0.15, -0.1) is 11.3 Å². The lowest BCUT2D eigenvalue weighted by Crippen LogP contribution is -2.49. The van der Waals surface area contributed by atoms with Crippen molar-refractivity contribution >= 4 is 29.2 Å². The molecule has 2 N–H and O–H groups in total. The van der Waals surface area contributed by atoms with Gasteiger partial charge in [0.05, 0.1) is 31.7 Å². The first-order valence-electron chi connectivity index (χ1n) is 16.2. The number of nitrogens with one attached hydrogen (secondary N) is 2. The Balaban J connectivity index is 1.79. The summed E-state index contributed by atoms with van der Waals surface area (Å²) in [6.45, 7) is 11.4. The van der Waals surface area contributed by atoms with Gasteiger partial charge in [-0.2, -0.15) is 0 Å². The van der Waals surface area contributed by atoms with Gasteiger partial charge in [-0.1, -0.05) is 74.5 Å². The zero-order chi connectivity index (χ0) is 35.7. The highest BCUT2D eigenvalue weighted by Crippen LogP contribution is 2.40. The number of thiazole rings is 1. The normalized spacial score (nSPS) is 12.5. The molecule has 0 aliphatic heterocycles. The molecule has 0 bridgehead atoms. The van der Waals surface area contributed by atoms with Crippen LogP contribution in [0, 0.1) is 5.92 Å². The van der Waals surface area contributed by atoms with Crippen LogP contribution in [0.3, 0.4) is 0 Å². The first-order chi connectivity index (χ1) is 23.3. The Morgan fingerprint density at radius 2 is 1.55 bits per heavy atom. The van der Waals surface area contributed by atoms with Gasteiger partial charge >= 0.3 is 6.09 Å². The van der Waals surface area contributed by atoms with E-state index in [1.165, 1.54) is 11.3 Å². The van der Waals surface area contributed by atoms with Crippen LogP contribution in [0.1, 0.15) is 74.2 Å². The minimum absolute atomic E-state index is 0.130. The molecular formula is C38H46N4O6S. The van der Waals surface area contributed by atoms with Gasteiger partial charge < -0.3 is 29.7 Å². The van der Waals surface area contributed by atoms with Crippen molar-refractivity contribution in [3.63, 3.8) is 0 Å². The first-order valence-corrected chi connectivity index (χ1v) is 17.0. The smallest absolute Gasteiger partial charge is 0.408 e. The van der Waals surface area contributed by atoms with Gasteiger partial charge in [0, 0.05) is 18.2 Å². The summed E-state index contributed by atoms with van der Waals surface area (Å²) in [5.74, 6) is 0.336. The summed E-state index contributed by atoms with van der Waals surface area (Å²) in [5.41, 5.74) is 2.07. The van der Waals surface area contributed by atoms with Crippen molar-refractivity contribution in [2.24, 2.45) is 5.92 Å². The highest BCUT2D eigenvalue weighted by Gasteiger charge is 2.36. The average Bonchev–Trinajstić information content (AvgIpc) is 3.51. The number of nitrogens with zero attached hydrogens (tertiary/aromatic N) is 2. The van der Waals surface area contributed by atoms with Crippen LogP contribution in [0.25, 0.3) is 10.4 Å². The monoisotopic (exact) mass is 686 g/mol. The fourth-order valence-electron chi connectivity index (χ4n) is 5.32. The molecule has 0 radical (unpaired) electrons. The number of carbonyl (C=O) groups is 3. The molecule has 3 amide bonds. The van der Waals surface area contributed by atoms with Crippen LogP contribution in [0.4, 0.5) is 4.79 Å². The molecule has 0 aliphatic rings. The van der Waals surface area contributed by atoms with Crippen LogP contribution in [-0.4, -0.2) is 53.7 Å². The molecular weight excluding hydrogens is 641 g/mol. The zero-order valence-corrected chi connectivity index (χ0v) is 30.2. The molecule has 10 nitrogen and oxygen atoms in total. The van der Waals surface area contributed by atoms with Gasteiger partial charge in [0.1, 0.15) is 33.8 Å². The minimum atomic E-state index is -0.942. The molecule has 1 aromatic heterocycles. The van der Waals surface area contributed by atoms with Gasteiger partial charge in [0.15, 0.2) is 0 Å². The Morgan fingerprint density at radius 3 is 2.14 bits per heavy atom. The van der Waals surface area contributed by atoms with E-state index in [9.17, 15) is 14.4 Å². The van der Waals surface area contributed by atoms with Crippen LogP contribution in [0.2, 0.25) is 0 Å². The molecule has 260 valence electrons. The van der Waals surface area contributed by atoms with Gasteiger partial charge in [-0.3, -0.25) is 9.59 Å². The van der Waals surface area contributed by atoms with E-state index in [0.717, 1.165) is 16.7 Å². The third-order valence-corrected chi connectivity index (χ3v) is 8.81. The maximum Gasteiger partial charge on any atom is 0.408 e. The third kappa shape index (κ3) is 9.82. The SMILES string of the molecule is COc1ccc(CN(C(=O)[C@H](C)NC(=O)OC(C)(C)C)C(c2nc(C(=O)NCc3ccccc3)c(-c3ccccc3)s2)C(C)C)c(OC)c1. The number of aromatic nitrogens is 1. The van der Waals surface area contributed by atoms with Crippen LogP contribution in [0.15, 0.2) is 78.9 Å². The molecule has 4 aromatic rings. The van der Waals surface area contributed by atoms with Gasteiger partial charge in [0.25, 0.3) is 5.91 Å². The number of benzene rings is 3. The Kier molecular flexibility index (Phi) is 12.4. The summed E-state index contributed by atoms with van der Waals surface area (Å²) in [7, 11) is 3.13. The number of methoxy groups -OCH3 is 2. The fraction of sp³-hybridized carbons (Fsp3) is 0.368. The number of hydrogen-bond acceptors (Lipinski definition) is 8. The second-order valence-electron chi connectivity index (χ2n) is 13.0. The average molecular weight is 687 g/mol. The van der Waals surface area contributed by atoms with Crippen molar-refractivity contribution in [2.75, 3.05) is 14.2 Å². The summed E-state index contributed by atoms with van der Waals surface area (Å²) >= 11 is 1.38. The summed E-state index contributed by atoms with van der Waals surface area (Å²) in [6.07, 6.45) is -0.700. The van der Waals surface area contributed by atoms with Crippen molar-refractivity contribution in [1.29, 1.82) is 0 Å². The van der Waals surface area contributed by atoms with E-state index in [4.69, 9.17) is 19.2 Å². The Morgan fingerprint density at radius 1 is 0.898 bits per heavy atom. The van der Waals surface area contributed by atoms with E-state index in [1.807, 2.05) is 80.6 Å².